The molecule has 2 rings (SSSR count). The maximum absolute atomic E-state index is 12.4. The minimum Gasteiger partial charge on any atom is -0.497 e. The van der Waals surface area contributed by atoms with Crippen LogP contribution in [0.2, 0.25) is 0 Å². The van der Waals surface area contributed by atoms with Crippen LogP contribution in [-0.4, -0.2) is 44.0 Å². The van der Waals surface area contributed by atoms with Gasteiger partial charge in [-0.2, -0.15) is 0 Å². The molecule has 0 N–H and O–H groups in total. The first-order valence-electron chi connectivity index (χ1n) is 8.71. The van der Waals surface area contributed by atoms with E-state index in [0.717, 1.165) is 23.4 Å². The predicted molar refractivity (Wildman–Crippen MR) is 103 cm³/mol. The first-order chi connectivity index (χ1) is 12.5. The number of ether oxygens (including phenoxy) is 1. The van der Waals surface area contributed by atoms with Gasteiger partial charge < -0.3 is 14.5 Å². The Bertz CT molecular complexity index is 731. The minimum atomic E-state index is -0.0249. The van der Waals surface area contributed by atoms with E-state index in [2.05, 4.69) is 0 Å². The van der Waals surface area contributed by atoms with Crippen molar-refractivity contribution in [1.29, 1.82) is 0 Å². The van der Waals surface area contributed by atoms with Crippen LogP contribution < -0.4 is 9.64 Å². The summed E-state index contributed by atoms with van der Waals surface area (Å²) in [5.74, 6) is 0.767. The SMILES string of the molecule is COc1cccc(CCN(CCC(=O)N(C)c2ccccc2)C(C)=O)c1. The van der Waals surface area contributed by atoms with Crippen LogP contribution in [0.5, 0.6) is 5.75 Å². The molecule has 0 atom stereocenters. The van der Waals surface area contributed by atoms with Crippen LogP contribution >= 0.6 is 0 Å². The average Bonchev–Trinajstić information content (AvgIpc) is 2.67. The molecule has 26 heavy (non-hydrogen) atoms. The Morgan fingerprint density at radius 3 is 2.38 bits per heavy atom. The summed E-state index contributed by atoms with van der Waals surface area (Å²) in [5, 5.41) is 0. The van der Waals surface area contributed by atoms with Gasteiger partial charge in [0.1, 0.15) is 5.75 Å². The molecule has 0 radical (unpaired) electrons. The Hall–Kier alpha value is -2.82. The van der Waals surface area contributed by atoms with Crippen molar-refractivity contribution in [2.24, 2.45) is 0 Å². The van der Waals surface area contributed by atoms with Crippen molar-refractivity contribution in [3.05, 3.63) is 60.2 Å². The molecule has 2 aromatic carbocycles. The van der Waals surface area contributed by atoms with E-state index in [1.54, 1.807) is 24.0 Å². The van der Waals surface area contributed by atoms with Crippen LogP contribution in [0.25, 0.3) is 0 Å². The topological polar surface area (TPSA) is 49.9 Å². The molecule has 138 valence electrons. The summed E-state index contributed by atoms with van der Waals surface area (Å²) in [7, 11) is 3.39. The second-order valence-corrected chi connectivity index (χ2v) is 6.15. The Morgan fingerprint density at radius 1 is 1.00 bits per heavy atom. The number of carbonyl (C=O) groups is 2. The number of hydrogen-bond donors (Lipinski definition) is 0. The third-order valence-corrected chi connectivity index (χ3v) is 4.36. The average molecular weight is 354 g/mol. The molecule has 0 aliphatic rings. The second kappa shape index (κ2) is 9.61. The molecule has 0 fully saturated rings. The highest BCUT2D eigenvalue weighted by atomic mass is 16.5. The smallest absolute Gasteiger partial charge is 0.228 e. The maximum atomic E-state index is 12.4. The lowest BCUT2D eigenvalue weighted by Gasteiger charge is -2.23. The number of para-hydroxylation sites is 1. The van der Waals surface area contributed by atoms with Gasteiger partial charge in [0.05, 0.1) is 7.11 Å². The lowest BCUT2D eigenvalue weighted by Crippen LogP contribution is -2.35. The fraction of sp³-hybridized carbons (Fsp3) is 0.333. The van der Waals surface area contributed by atoms with Crippen LogP contribution in [0.3, 0.4) is 0 Å². The van der Waals surface area contributed by atoms with Crippen LogP contribution in [-0.2, 0) is 16.0 Å². The van der Waals surface area contributed by atoms with E-state index in [1.165, 1.54) is 6.92 Å². The molecule has 2 aromatic rings. The van der Waals surface area contributed by atoms with Gasteiger partial charge in [-0.1, -0.05) is 30.3 Å². The fourth-order valence-electron chi connectivity index (χ4n) is 2.71. The first kappa shape index (κ1) is 19.5. The van der Waals surface area contributed by atoms with Crippen molar-refractivity contribution in [2.75, 3.05) is 32.1 Å². The van der Waals surface area contributed by atoms with Gasteiger partial charge in [0.15, 0.2) is 0 Å². The van der Waals surface area contributed by atoms with E-state index in [9.17, 15) is 9.59 Å². The van der Waals surface area contributed by atoms with Gasteiger partial charge in [0, 0.05) is 39.2 Å². The van der Waals surface area contributed by atoms with Crippen molar-refractivity contribution in [2.45, 2.75) is 19.8 Å². The first-order valence-corrected chi connectivity index (χ1v) is 8.71. The molecule has 0 saturated heterocycles. The quantitative estimate of drug-likeness (QED) is 0.732. The zero-order chi connectivity index (χ0) is 18.9. The largest absolute Gasteiger partial charge is 0.497 e. The van der Waals surface area contributed by atoms with E-state index in [-0.39, 0.29) is 11.8 Å². The zero-order valence-electron chi connectivity index (χ0n) is 15.6. The molecule has 0 saturated carbocycles. The number of benzene rings is 2. The van der Waals surface area contributed by atoms with E-state index in [1.807, 2.05) is 54.6 Å². The highest BCUT2D eigenvalue weighted by molar-refractivity contribution is 5.93. The molecule has 0 bridgehead atoms. The lowest BCUT2D eigenvalue weighted by molar-refractivity contribution is -0.129. The fourth-order valence-corrected chi connectivity index (χ4v) is 2.71. The van der Waals surface area contributed by atoms with Crippen molar-refractivity contribution >= 4 is 17.5 Å². The van der Waals surface area contributed by atoms with Crippen molar-refractivity contribution in [3.8, 4) is 5.75 Å². The molecule has 0 aliphatic carbocycles. The summed E-state index contributed by atoms with van der Waals surface area (Å²) in [6.07, 6.45) is 1.02. The lowest BCUT2D eigenvalue weighted by atomic mass is 10.1. The van der Waals surface area contributed by atoms with Crippen molar-refractivity contribution in [3.63, 3.8) is 0 Å². The Labute approximate surface area is 155 Å². The van der Waals surface area contributed by atoms with Gasteiger partial charge in [-0.25, -0.2) is 0 Å². The van der Waals surface area contributed by atoms with Gasteiger partial charge in [-0.05, 0) is 36.2 Å². The summed E-state index contributed by atoms with van der Waals surface area (Å²) in [6, 6.07) is 17.3. The molecule has 0 spiro atoms. The molecule has 5 nitrogen and oxygen atoms in total. The van der Waals surface area contributed by atoms with Crippen LogP contribution in [0.15, 0.2) is 54.6 Å². The molecule has 0 aromatic heterocycles. The summed E-state index contributed by atoms with van der Waals surface area (Å²) in [6.45, 7) is 2.52. The molecule has 0 heterocycles. The van der Waals surface area contributed by atoms with E-state index < -0.39 is 0 Å². The predicted octanol–water partition coefficient (Wildman–Crippen LogP) is 3.14. The van der Waals surface area contributed by atoms with Crippen molar-refractivity contribution < 1.29 is 14.3 Å². The molecular weight excluding hydrogens is 328 g/mol. The van der Waals surface area contributed by atoms with Crippen LogP contribution in [0, 0.1) is 0 Å². The number of hydrogen-bond acceptors (Lipinski definition) is 3. The standard InChI is InChI=1S/C21H26N2O3/c1-17(24)23(14-12-18-8-7-11-20(16-18)26-3)15-13-21(25)22(2)19-9-5-4-6-10-19/h4-11,16H,12-15H2,1-3H3. The highest BCUT2D eigenvalue weighted by Crippen LogP contribution is 2.14. The summed E-state index contributed by atoms with van der Waals surface area (Å²) >= 11 is 0. The summed E-state index contributed by atoms with van der Waals surface area (Å²) in [4.78, 5) is 27.7. The number of methoxy groups -OCH3 is 1. The number of amides is 2. The van der Waals surface area contributed by atoms with Gasteiger partial charge in [0.25, 0.3) is 0 Å². The third kappa shape index (κ3) is 5.62. The van der Waals surface area contributed by atoms with Crippen LogP contribution in [0.4, 0.5) is 5.69 Å². The van der Waals surface area contributed by atoms with Crippen LogP contribution in [0.1, 0.15) is 18.9 Å². The van der Waals surface area contributed by atoms with Gasteiger partial charge in [-0.3, -0.25) is 9.59 Å². The van der Waals surface area contributed by atoms with E-state index in [4.69, 9.17) is 4.74 Å². The minimum absolute atomic E-state index is 0.0103. The summed E-state index contributed by atoms with van der Waals surface area (Å²) < 4.78 is 5.23. The molecule has 2 amide bonds. The Kier molecular flexibility index (Phi) is 7.21. The third-order valence-electron chi connectivity index (χ3n) is 4.36. The normalized spacial score (nSPS) is 10.3. The molecule has 5 heteroatoms. The summed E-state index contributed by atoms with van der Waals surface area (Å²) in [5.41, 5.74) is 1.95. The van der Waals surface area contributed by atoms with Gasteiger partial charge >= 0.3 is 0 Å². The van der Waals surface area contributed by atoms with Gasteiger partial charge in [0.2, 0.25) is 11.8 Å². The highest BCUT2D eigenvalue weighted by Gasteiger charge is 2.15. The number of rotatable bonds is 8. The van der Waals surface area contributed by atoms with E-state index >= 15 is 0 Å². The van der Waals surface area contributed by atoms with E-state index in [0.29, 0.717) is 19.5 Å². The number of carbonyl (C=O) groups excluding carboxylic acids is 2. The number of anilines is 1. The maximum Gasteiger partial charge on any atom is 0.228 e. The number of nitrogens with zero attached hydrogens (tertiary/aromatic N) is 2. The van der Waals surface area contributed by atoms with Crippen molar-refractivity contribution in [1.82, 2.24) is 4.90 Å². The Morgan fingerprint density at radius 2 is 1.73 bits per heavy atom. The molecular formula is C21H26N2O3. The molecule has 0 unspecified atom stereocenters. The Balaban J connectivity index is 1.89. The molecule has 0 aliphatic heterocycles. The zero-order valence-corrected chi connectivity index (χ0v) is 15.6. The van der Waals surface area contributed by atoms with Gasteiger partial charge in [-0.15, -0.1) is 0 Å². The second-order valence-electron chi connectivity index (χ2n) is 6.15. The monoisotopic (exact) mass is 354 g/mol.